The normalized spacial score (nSPS) is 11.1. The van der Waals surface area contributed by atoms with E-state index in [1.807, 2.05) is 26.0 Å². The second-order valence-electron chi connectivity index (χ2n) is 6.98. The summed E-state index contributed by atoms with van der Waals surface area (Å²) in [7, 11) is 0. The third-order valence-electron chi connectivity index (χ3n) is 5.04. The number of aryl methyl sites for hydroxylation is 2. The lowest BCUT2D eigenvalue weighted by Crippen LogP contribution is -2.23. The number of benzene rings is 1. The third kappa shape index (κ3) is 3.76. The first kappa shape index (κ1) is 20.0. The van der Waals surface area contributed by atoms with Crippen LogP contribution in [0.25, 0.3) is 5.65 Å². The van der Waals surface area contributed by atoms with Crippen LogP contribution in [0.3, 0.4) is 0 Å². The first-order valence-corrected chi connectivity index (χ1v) is 9.77. The molecule has 4 aromatic rings. The summed E-state index contributed by atoms with van der Waals surface area (Å²) in [6.07, 6.45) is 5.16. The number of hydrogen-bond donors (Lipinski definition) is 1. The van der Waals surface area contributed by atoms with Crippen LogP contribution in [0.1, 0.15) is 38.4 Å². The number of hydrogen-bond acceptors (Lipinski definition) is 4. The average Bonchev–Trinajstić information content (AvgIpc) is 3.16. The Bertz CT molecular complexity index is 1220. The smallest absolute Gasteiger partial charge is 0.257 e. The number of fused-ring (bicyclic) bond motifs is 1. The molecule has 0 atom stereocenters. The summed E-state index contributed by atoms with van der Waals surface area (Å²) in [4.78, 5) is 21.3. The summed E-state index contributed by atoms with van der Waals surface area (Å²) >= 11 is 6.19. The summed E-state index contributed by atoms with van der Waals surface area (Å²) in [5, 5.41) is 7.56. The number of aromatic nitrogens is 4. The van der Waals surface area contributed by atoms with Crippen LogP contribution in [0, 0.1) is 19.7 Å². The Morgan fingerprint density at radius 3 is 2.73 bits per heavy atom. The Morgan fingerprint density at radius 1 is 1.17 bits per heavy atom. The molecule has 6 nitrogen and oxygen atoms in total. The highest BCUT2D eigenvalue weighted by Crippen LogP contribution is 2.26. The number of amides is 1. The molecule has 0 saturated heterocycles. The van der Waals surface area contributed by atoms with E-state index in [4.69, 9.17) is 11.6 Å². The minimum absolute atomic E-state index is 0.273. The summed E-state index contributed by atoms with van der Waals surface area (Å²) in [6.45, 7) is 4.06. The molecule has 0 aliphatic carbocycles. The van der Waals surface area contributed by atoms with Gasteiger partial charge in [0.2, 0.25) is 0 Å². The van der Waals surface area contributed by atoms with Crippen molar-refractivity contribution in [3.05, 3.63) is 93.4 Å². The first-order valence-electron chi connectivity index (χ1n) is 9.39. The fourth-order valence-corrected chi connectivity index (χ4v) is 3.62. The van der Waals surface area contributed by atoms with Gasteiger partial charge >= 0.3 is 0 Å². The number of rotatable bonds is 5. The maximum atomic E-state index is 14.3. The SMILES string of the molecule is Cc1nc2c(C(=O)NCc3cccnc3)cnn2c(C)c1Cc1c(F)cccc1Cl. The highest BCUT2D eigenvalue weighted by molar-refractivity contribution is 6.31. The lowest BCUT2D eigenvalue weighted by atomic mass is 10.0. The first-order chi connectivity index (χ1) is 14.5. The molecule has 4 rings (SSSR count). The zero-order valence-corrected chi connectivity index (χ0v) is 17.2. The summed E-state index contributed by atoms with van der Waals surface area (Å²) in [5.74, 6) is -0.637. The van der Waals surface area contributed by atoms with Gasteiger partial charge in [-0.2, -0.15) is 5.10 Å². The molecule has 1 aromatic carbocycles. The lowest BCUT2D eigenvalue weighted by molar-refractivity contribution is 0.0952. The van der Waals surface area contributed by atoms with Crippen molar-refractivity contribution in [2.75, 3.05) is 0 Å². The standard InChI is InChI=1S/C22H19ClFN5O/c1-13-16(9-17-19(23)6-3-7-20(17)24)14(2)29-21(28-13)18(12-27-29)22(30)26-11-15-5-4-8-25-10-15/h3-8,10,12H,9,11H2,1-2H3,(H,26,30). The van der Waals surface area contributed by atoms with Crippen molar-refractivity contribution in [2.45, 2.75) is 26.8 Å². The van der Waals surface area contributed by atoms with E-state index in [-0.39, 0.29) is 18.1 Å². The van der Waals surface area contributed by atoms with Crippen LogP contribution < -0.4 is 5.32 Å². The predicted molar refractivity (Wildman–Crippen MR) is 112 cm³/mol. The van der Waals surface area contributed by atoms with Crippen molar-refractivity contribution in [3.63, 3.8) is 0 Å². The summed E-state index contributed by atoms with van der Waals surface area (Å²) in [5.41, 5.74) is 4.43. The monoisotopic (exact) mass is 423 g/mol. The van der Waals surface area contributed by atoms with Gasteiger partial charge in [0.1, 0.15) is 11.4 Å². The quantitative estimate of drug-likeness (QED) is 0.525. The number of carbonyl (C=O) groups excluding carboxylic acids is 1. The molecule has 0 bridgehead atoms. The fourth-order valence-electron chi connectivity index (χ4n) is 3.39. The van der Waals surface area contributed by atoms with Gasteiger partial charge in [0.05, 0.1) is 6.20 Å². The minimum atomic E-state index is -0.364. The molecule has 3 heterocycles. The highest BCUT2D eigenvalue weighted by Gasteiger charge is 2.19. The average molecular weight is 424 g/mol. The summed E-state index contributed by atoms with van der Waals surface area (Å²) in [6, 6.07) is 8.32. The minimum Gasteiger partial charge on any atom is -0.348 e. The van der Waals surface area contributed by atoms with E-state index >= 15 is 0 Å². The van der Waals surface area contributed by atoms with Crippen LogP contribution in [0.2, 0.25) is 5.02 Å². The van der Waals surface area contributed by atoms with Gasteiger partial charge in [-0.1, -0.05) is 23.7 Å². The molecule has 0 fully saturated rings. The molecule has 30 heavy (non-hydrogen) atoms. The van der Waals surface area contributed by atoms with Gasteiger partial charge in [0.25, 0.3) is 5.91 Å². The van der Waals surface area contributed by atoms with Crippen molar-refractivity contribution in [1.82, 2.24) is 24.9 Å². The number of nitrogens with zero attached hydrogens (tertiary/aromatic N) is 4. The van der Waals surface area contributed by atoms with Gasteiger partial charge in [-0.25, -0.2) is 13.9 Å². The van der Waals surface area contributed by atoms with E-state index in [1.54, 1.807) is 29.0 Å². The van der Waals surface area contributed by atoms with E-state index in [0.717, 1.165) is 16.8 Å². The molecular weight excluding hydrogens is 405 g/mol. The van der Waals surface area contributed by atoms with Gasteiger partial charge in [0.15, 0.2) is 5.65 Å². The maximum Gasteiger partial charge on any atom is 0.257 e. The molecular formula is C22H19ClFN5O. The van der Waals surface area contributed by atoms with Crippen LogP contribution in [0.5, 0.6) is 0 Å². The van der Waals surface area contributed by atoms with Crippen molar-refractivity contribution >= 4 is 23.2 Å². The van der Waals surface area contributed by atoms with E-state index in [2.05, 4.69) is 20.4 Å². The Labute approximate surface area is 177 Å². The second-order valence-corrected chi connectivity index (χ2v) is 7.38. The topological polar surface area (TPSA) is 72.2 Å². The Balaban J connectivity index is 1.65. The van der Waals surface area contributed by atoms with Crippen LogP contribution in [0.15, 0.2) is 48.9 Å². The van der Waals surface area contributed by atoms with E-state index in [9.17, 15) is 9.18 Å². The van der Waals surface area contributed by atoms with Crippen LogP contribution >= 0.6 is 11.6 Å². The van der Waals surface area contributed by atoms with Crippen LogP contribution in [0.4, 0.5) is 4.39 Å². The number of pyridine rings is 1. The van der Waals surface area contributed by atoms with Crippen molar-refractivity contribution in [1.29, 1.82) is 0 Å². The molecule has 1 amide bonds. The van der Waals surface area contributed by atoms with Gasteiger partial charge in [-0.15, -0.1) is 0 Å². The zero-order chi connectivity index (χ0) is 21.3. The third-order valence-corrected chi connectivity index (χ3v) is 5.40. The Kier molecular flexibility index (Phi) is 5.46. The fraction of sp³-hybridized carbons (Fsp3) is 0.182. The van der Waals surface area contributed by atoms with Gasteiger partial charge < -0.3 is 5.32 Å². The van der Waals surface area contributed by atoms with E-state index < -0.39 is 0 Å². The molecule has 0 radical (unpaired) electrons. The molecule has 152 valence electrons. The highest BCUT2D eigenvalue weighted by atomic mass is 35.5. The number of halogens is 2. The van der Waals surface area contributed by atoms with E-state index in [1.165, 1.54) is 12.3 Å². The van der Waals surface area contributed by atoms with Crippen molar-refractivity contribution in [2.24, 2.45) is 0 Å². The zero-order valence-electron chi connectivity index (χ0n) is 16.5. The molecule has 8 heteroatoms. The Hall–Kier alpha value is -3.32. The molecule has 0 saturated carbocycles. The second kappa shape index (κ2) is 8.20. The predicted octanol–water partition coefficient (Wildman–Crippen LogP) is 4.05. The number of carbonyl (C=O) groups is 1. The van der Waals surface area contributed by atoms with Crippen molar-refractivity contribution in [3.8, 4) is 0 Å². The molecule has 1 N–H and O–H groups in total. The van der Waals surface area contributed by atoms with Gasteiger partial charge in [-0.05, 0) is 43.2 Å². The molecule has 0 aliphatic heterocycles. The molecule has 0 unspecified atom stereocenters. The van der Waals surface area contributed by atoms with Crippen LogP contribution in [-0.2, 0) is 13.0 Å². The molecule has 0 aliphatic rings. The van der Waals surface area contributed by atoms with Gasteiger partial charge in [-0.3, -0.25) is 9.78 Å². The maximum absolute atomic E-state index is 14.3. The Morgan fingerprint density at radius 2 is 2.00 bits per heavy atom. The lowest BCUT2D eigenvalue weighted by Gasteiger charge is -2.13. The van der Waals surface area contributed by atoms with E-state index in [0.29, 0.717) is 34.0 Å². The van der Waals surface area contributed by atoms with Crippen LogP contribution in [-0.4, -0.2) is 25.5 Å². The van der Waals surface area contributed by atoms with Gasteiger partial charge in [0, 0.05) is 47.3 Å². The molecule has 3 aromatic heterocycles. The largest absolute Gasteiger partial charge is 0.348 e. The number of nitrogens with one attached hydrogen (secondary N) is 1. The molecule has 0 spiro atoms. The summed E-state index contributed by atoms with van der Waals surface area (Å²) < 4.78 is 15.9. The van der Waals surface area contributed by atoms with Crippen molar-refractivity contribution < 1.29 is 9.18 Å².